The molecule has 0 aliphatic heterocycles. The van der Waals surface area contributed by atoms with Crippen molar-refractivity contribution in [2.24, 2.45) is 0 Å². The Kier molecular flexibility index (Phi) is 7.09. The smallest absolute Gasteiger partial charge is 0.230 e. The van der Waals surface area contributed by atoms with Crippen LogP contribution in [0.4, 0.5) is 0 Å². The third kappa shape index (κ3) is 5.69. The Hall–Kier alpha value is -1.86. The number of nitrogens with one attached hydrogen (secondary N) is 1. The lowest BCUT2D eigenvalue weighted by atomic mass is 10.1. The number of carbonyl (C=O) groups excluding carboxylic acids is 1. The van der Waals surface area contributed by atoms with E-state index in [1.54, 1.807) is 13.4 Å². The van der Waals surface area contributed by atoms with Crippen LogP contribution in [0, 0.1) is 0 Å². The lowest BCUT2D eigenvalue weighted by molar-refractivity contribution is -0.119. The first-order chi connectivity index (χ1) is 11.2. The van der Waals surface area contributed by atoms with E-state index < -0.39 is 0 Å². The van der Waals surface area contributed by atoms with Crippen molar-refractivity contribution in [3.8, 4) is 0 Å². The summed E-state index contributed by atoms with van der Waals surface area (Å²) in [5.74, 6) is 0.304. The summed E-state index contributed by atoms with van der Waals surface area (Å²) in [5, 5.41) is 11.7. The summed E-state index contributed by atoms with van der Waals surface area (Å²) >= 11 is 1.39. The third-order valence-electron chi connectivity index (χ3n) is 3.34. The molecule has 0 radical (unpaired) electrons. The molecule has 0 unspecified atom stereocenters. The number of amides is 1. The van der Waals surface area contributed by atoms with Crippen LogP contribution in [0.15, 0.2) is 41.8 Å². The summed E-state index contributed by atoms with van der Waals surface area (Å²) in [4.78, 5) is 12.1. The van der Waals surface area contributed by atoms with Gasteiger partial charge in [0.15, 0.2) is 5.16 Å². The number of aromatic nitrogens is 3. The van der Waals surface area contributed by atoms with Crippen LogP contribution in [-0.4, -0.2) is 40.1 Å². The van der Waals surface area contributed by atoms with E-state index in [2.05, 4.69) is 15.5 Å². The van der Waals surface area contributed by atoms with E-state index in [1.807, 2.05) is 41.8 Å². The van der Waals surface area contributed by atoms with Gasteiger partial charge >= 0.3 is 0 Å². The molecule has 6 nitrogen and oxygen atoms in total. The Labute approximate surface area is 140 Å². The van der Waals surface area contributed by atoms with Gasteiger partial charge in [-0.1, -0.05) is 42.1 Å². The molecule has 23 heavy (non-hydrogen) atoms. The molecule has 1 atom stereocenters. The van der Waals surface area contributed by atoms with E-state index in [0.717, 1.165) is 23.7 Å². The Morgan fingerprint density at radius 2 is 2.17 bits per heavy atom. The average molecular weight is 334 g/mol. The van der Waals surface area contributed by atoms with Gasteiger partial charge in [-0.15, -0.1) is 10.2 Å². The minimum absolute atomic E-state index is 0.0103. The number of nitrogens with zero attached hydrogens (tertiary/aromatic N) is 3. The predicted octanol–water partition coefficient (Wildman–Crippen LogP) is 2.28. The van der Waals surface area contributed by atoms with Gasteiger partial charge in [0.05, 0.1) is 11.8 Å². The second-order valence-corrected chi connectivity index (χ2v) is 6.08. The van der Waals surface area contributed by atoms with Crippen molar-refractivity contribution in [3.05, 3.63) is 42.2 Å². The minimum Gasteiger partial charge on any atom is -0.385 e. The lowest BCUT2D eigenvalue weighted by Gasteiger charge is -2.14. The normalized spacial score (nSPS) is 12.1. The highest BCUT2D eigenvalue weighted by molar-refractivity contribution is 7.99. The van der Waals surface area contributed by atoms with Crippen molar-refractivity contribution in [2.45, 2.75) is 31.1 Å². The second-order valence-electron chi connectivity index (χ2n) is 5.14. The molecule has 0 fully saturated rings. The number of methoxy groups -OCH3 is 1. The summed E-state index contributed by atoms with van der Waals surface area (Å²) in [6, 6.07) is 9.90. The first-order valence-electron chi connectivity index (χ1n) is 7.54. The monoisotopic (exact) mass is 334 g/mol. The molecule has 1 amide bonds. The molecule has 7 heteroatoms. The maximum atomic E-state index is 12.1. The maximum Gasteiger partial charge on any atom is 0.230 e. The standard InChI is InChI=1S/C16H22N4O2S/c1-13(14-7-4-3-5-8-14)18-15(21)11-23-16-19-17-12-20(16)9-6-10-22-2/h3-5,7-8,12-13H,6,9-11H2,1-2H3,(H,18,21)/t13-/m1/s1. The zero-order chi connectivity index (χ0) is 16.5. The highest BCUT2D eigenvalue weighted by Crippen LogP contribution is 2.16. The van der Waals surface area contributed by atoms with Crippen molar-refractivity contribution >= 4 is 17.7 Å². The zero-order valence-electron chi connectivity index (χ0n) is 13.4. The molecular formula is C16H22N4O2S. The molecule has 124 valence electrons. The molecule has 0 aliphatic rings. The van der Waals surface area contributed by atoms with Crippen molar-refractivity contribution < 1.29 is 9.53 Å². The molecule has 1 aromatic carbocycles. The zero-order valence-corrected chi connectivity index (χ0v) is 14.3. The molecule has 1 heterocycles. The van der Waals surface area contributed by atoms with E-state index in [9.17, 15) is 4.79 Å². The highest BCUT2D eigenvalue weighted by Gasteiger charge is 2.12. The molecular weight excluding hydrogens is 312 g/mol. The fourth-order valence-corrected chi connectivity index (χ4v) is 2.88. The van der Waals surface area contributed by atoms with Gasteiger partial charge < -0.3 is 14.6 Å². The molecule has 0 saturated carbocycles. The lowest BCUT2D eigenvalue weighted by Crippen LogP contribution is -2.28. The molecule has 0 saturated heterocycles. The van der Waals surface area contributed by atoms with Crippen LogP contribution in [0.3, 0.4) is 0 Å². The Balaban J connectivity index is 1.79. The second kappa shape index (κ2) is 9.32. The van der Waals surface area contributed by atoms with Crippen LogP contribution in [0.2, 0.25) is 0 Å². The largest absolute Gasteiger partial charge is 0.385 e. The Bertz CT molecular complexity index is 603. The van der Waals surface area contributed by atoms with Crippen molar-refractivity contribution in [1.82, 2.24) is 20.1 Å². The summed E-state index contributed by atoms with van der Waals surface area (Å²) in [5.41, 5.74) is 1.09. The minimum atomic E-state index is -0.0159. The van der Waals surface area contributed by atoms with Gasteiger partial charge in [0.1, 0.15) is 6.33 Å². The fourth-order valence-electron chi connectivity index (χ4n) is 2.13. The Morgan fingerprint density at radius 3 is 2.91 bits per heavy atom. The van der Waals surface area contributed by atoms with Gasteiger partial charge in [0.25, 0.3) is 0 Å². The summed E-state index contributed by atoms with van der Waals surface area (Å²) in [6.07, 6.45) is 2.57. The van der Waals surface area contributed by atoms with Gasteiger partial charge in [0, 0.05) is 20.3 Å². The van der Waals surface area contributed by atoms with Crippen LogP contribution in [0.1, 0.15) is 24.9 Å². The first kappa shape index (κ1) is 17.5. The fraction of sp³-hybridized carbons (Fsp3) is 0.438. The molecule has 1 aromatic heterocycles. The van der Waals surface area contributed by atoms with Crippen LogP contribution in [0.5, 0.6) is 0 Å². The number of aryl methyl sites for hydroxylation is 1. The third-order valence-corrected chi connectivity index (χ3v) is 4.32. The van der Waals surface area contributed by atoms with Gasteiger partial charge in [-0.05, 0) is 18.9 Å². The van der Waals surface area contributed by atoms with Crippen molar-refractivity contribution in [3.63, 3.8) is 0 Å². The van der Waals surface area contributed by atoms with Crippen LogP contribution in [0.25, 0.3) is 0 Å². The number of rotatable bonds is 9. The van der Waals surface area contributed by atoms with Crippen molar-refractivity contribution in [2.75, 3.05) is 19.5 Å². The number of benzene rings is 1. The quantitative estimate of drug-likeness (QED) is 0.563. The molecule has 2 rings (SSSR count). The number of carbonyl (C=O) groups is 1. The SMILES string of the molecule is COCCCn1cnnc1SCC(=O)N[C@H](C)c1ccccc1. The molecule has 0 bridgehead atoms. The van der Waals surface area contributed by atoms with Crippen molar-refractivity contribution in [1.29, 1.82) is 0 Å². The van der Waals surface area contributed by atoms with E-state index in [-0.39, 0.29) is 11.9 Å². The van der Waals surface area contributed by atoms with Crippen LogP contribution < -0.4 is 5.32 Å². The first-order valence-corrected chi connectivity index (χ1v) is 8.53. The summed E-state index contributed by atoms with van der Waals surface area (Å²) in [7, 11) is 1.68. The molecule has 0 spiro atoms. The van der Waals surface area contributed by atoms with Gasteiger partial charge in [-0.2, -0.15) is 0 Å². The van der Waals surface area contributed by atoms with Gasteiger partial charge in [-0.25, -0.2) is 0 Å². The van der Waals surface area contributed by atoms with E-state index in [0.29, 0.717) is 12.4 Å². The number of hydrogen-bond acceptors (Lipinski definition) is 5. The molecule has 0 aliphatic carbocycles. The molecule has 2 aromatic rings. The molecule has 1 N–H and O–H groups in total. The number of ether oxygens (including phenoxy) is 1. The number of thioether (sulfide) groups is 1. The highest BCUT2D eigenvalue weighted by atomic mass is 32.2. The van der Waals surface area contributed by atoms with E-state index in [4.69, 9.17) is 4.74 Å². The Morgan fingerprint density at radius 1 is 1.39 bits per heavy atom. The van der Waals surface area contributed by atoms with E-state index in [1.165, 1.54) is 11.8 Å². The predicted molar refractivity (Wildman–Crippen MR) is 90.2 cm³/mol. The maximum absolute atomic E-state index is 12.1. The van der Waals surface area contributed by atoms with Gasteiger partial charge in [-0.3, -0.25) is 4.79 Å². The number of hydrogen-bond donors (Lipinski definition) is 1. The summed E-state index contributed by atoms with van der Waals surface area (Å²) in [6.45, 7) is 3.45. The van der Waals surface area contributed by atoms with Crippen LogP contribution >= 0.6 is 11.8 Å². The average Bonchev–Trinajstić information content (AvgIpc) is 3.01. The van der Waals surface area contributed by atoms with Crippen LogP contribution in [-0.2, 0) is 16.1 Å². The topological polar surface area (TPSA) is 69.0 Å². The summed E-state index contributed by atoms with van der Waals surface area (Å²) < 4.78 is 6.98. The van der Waals surface area contributed by atoms with E-state index >= 15 is 0 Å². The van der Waals surface area contributed by atoms with Gasteiger partial charge in [0.2, 0.25) is 5.91 Å².